The van der Waals surface area contributed by atoms with Crippen molar-refractivity contribution in [3.63, 3.8) is 0 Å². The average molecular weight is 314 g/mol. The van der Waals surface area contributed by atoms with Crippen molar-refractivity contribution in [2.24, 2.45) is 0 Å². The number of fused-ring (bicyclic) bond motifs is 1. The van der Waals surface area contributed by atoms with Crippen LogP contribution in [-0.2, 0) is 13.1 Å². The van der Waals surface area contributed by atoms with Crippen LogP contribution >= 0.6 is 11.8 Å². The largest absolute Gasteiger partial charge is 0.441 e. The Morgan fingerprint density at radius 2 is 2.00 bits per heavy atom. The number of alkyl halides is 3. The van der Waals surface area contributed by atoms with Crippen molar-refractivity contribution in [2.75, 3.05) is 5.75 Å². The first kappa shape index (κ1) is 14.8. The van der Waals surface area contributed by atoms with Crippen LogP contribution in [-0.4, -0.2) is 21.9 Å². The molecule has 3 rings (SSSR count). The van der Waals surface area contributed by atoms with E-state index < -0.39 is 5.51 Å². The van der Waals surface area contributed by atoms with Crippen LogP contribution in [0.3, 0.4) is 0 Å². The molecule has 1 fully saturated rings. The van der Waals surface area contributed by atoms with Crippen molar-refractivity contribution >= 4 is 22.7 Å². The first-order valence-corrected chi connectivity index (χ1v) is 8.03. The second-order valence-corrected chi connectivity index (χ2v) is 6.46. The Morgan fingerprint density at radius 1 is 1.24 bits per heavy atom. The summed E-state index contributed by atoms with van der Waals surface area (Å²) in [6.07, 6.45) is 2.40. The van der Waals surface area contributed by atoms with E-state index in [1.165, 1.54) is 12.8 Å². The van der Waals surface area contributed by atoms with Crippen LogP contribution < -0.4 is 5.32 Å². The number of thioether (sulfide) groups is 1. The van der Waals surface area contributed by atoms with Gasteiger partial charge in [-0.1, -0.05) is 18.2 Å². The Bertz CT molecular complexity index is 617. The fourth-order valence-corrected chi connectivity index (χ4v) is 2.97. The Balaban J connectivity index is 1.77. The minimum absolute atomic E-state index is 0.0403. The molecule has 2 nitrogen and oxygen atoms in total. The van der Waals surface area contributed by atoms with Crippen molar-refractivity contribution in [1.29, 1.82) is 0 Å². The number of nitrogens with zero attached hydrogens (tertiary/aromatic N) is 1. The Labute approximate surface area is 125 Å². The van der Waals surface area contributed by atoms with Crippen molar-refractivity contribution < 1.29 is 13.2 Å². The molecule has 0 bridgehead atoms. The van der Waals surface area contributed by atoms with Gasteiger partial charge in [-0.25, -0.2) is 0 Å². The molecule has 1 N–H and O–H groups in total. The zero-order valence-electron chi connectivity index (χ0n) is 11.5. The predicted octanol–water partition coefficient (Wildman–Crippen LogP) is 4.15. The summed E-state index contributed by atoms with van der Waals surface area (Å²) in [5.41, 5.74) is -2.09. The van der Waals surface area contributed by atoms with Crippen LogP contribution in [0.25, 0.3) is 10.9 Å². The van der Waals surface area contributed by atoms with Crippen molar-refractivity contribution in [1.82, 2.24) is 9.88 Å². The maximum atomic E-state index is 12.3. The van der Waals surface area contributed by atoms with Gasteiger partial charge in [-0.2, -0.15) is 13.2 Å². The van der Waals surface area contributed by atoms with Crippen molar-refractivity contribution in [3.8, 4) is 0 Å². The lowest BCUT2D eigenvalue weighted by Gasteiger charge is -2.12. The highest BCUT2D eigenvalue weighted by atomic mass is 32.2. The highest BCUT2D eigenvalue weighted by Gasteiger charge is 2.27. The van der Waals surface area contributed by atoms with E-state index in [2.05, 4.69) is 11.4 Å². The van der Waals surface area contributed by atoms with E-state index in [1.807, 2.05) is 28.8 Å². The van der Waals surface area contributed by atoms with E-state index >= 15 is 0 Å². The van der Waals surface area contributed by atoms with Gasteiger partial charge in [0.2, 0.25) is 0 Å². The number of halogens is 3. The van der Waals surface area contributed by atoms with Crippen molar-refractivity contribution in [2.45, 2.75) is 37.5 Å². The van der Waals surface area contributed by atoms with Gasteiger partial charge in [0.05, 0.1) is 0 Å². The number of aromatic nitrogens is 1. The van der Waals surface area contributed by atoms with E-state index in [0.717, 1.165) is 23.1 Å². The van der Waals surface area contributed by atoms with Gasteiger partial charge in [0.25, 0.3) is 0 Å². The molecule has 1 aromatic heterocycles. The molecular weight excluding hydrogens is 297 g/mol. The van der Waals surface area contributed by atoms with E-state index in [-0.39, 0.29) is 17.5 Å². The maximum absolute atomic E-state index is 12.3. The molecule has 114 valence electrons. The summed E-state index contributed by atoms with van der Waals surface area (Å²) in [4.78, 5) is 0. The van der Waals surface area contributed by atoms with E-state index in [1.54, 1.807) is 0 Å². The van der Waals surface area contributed by atoms with E-state index in [4.69, 9.17) is 0 Å². The van der Waals surface area contributed by atoms with E-state index in [9.17, 15) is 13.2 Å². The SMILES string of the molecule is FC(F)(F)SCCn1c(CNC2CC2)cc2ccccc21. The molecule has 1 aromatic carbocycles. The highest BCUT2D eigenvalue weighted by Crippen LogP contribution is 2.31. The number of nitrogens with one attached hydrogen (secondary N) is 1. The molecule has 1 saturated carbocycles. The first-order chi connectivity index (χ1) is 10.0. The summed E-state index contributed by atoms with van der Waals surface area (Å²) in [5, 5.41) is 4.52. The molecule has 1 aliphatic carbocycles. The predicted molar refractivity (Wildman–Crippen MR) is 80.3 cm³/mol. The number of hydrogen-bond acceptors (Lipinski definition) is 2. The van der Waals surface area contributed by atoms with Crippen LogP contribution in [0.4, 0.5) is 13.2 Å². The molecule has 1 aliphatic rings. The molecule has 0 amide bonds. The van der Waals surface area contributed by atoms with Gasteiger partial charge in [-0.05, 0) is 42.1 Å². The second-order valence-electron chi connectivity index (χ2n) is 5.30. The second kappa shape index (κ2) is 5.93. The zero-order valence-corrected chi connectivity index (χ0v) is 12.3. The lowest BCUT2D eigenvalue weighted by atomic mass is 10.2. The average Bonchev–Trinajstić information content (AvgIpc) is 3.18. The van der Waals surface area contributed by atoms with Gasteiger partial charge < -0.3 is 9.88 Å². The van der Waals surface area contributed by atoms with Gasteiger partial charge in [-0.15, -0.1) is 0 Å². The van der Waals surface area contributed by atoms with Gasteiger partial charge in [-0.3, -0.25) is 0 Å². The molecular formula is C15H17F3N2S. The van der Waals surface area contributed by atoms with Gasteiger partial charge in [0.15, 0.2) is 0 Å². The third-order valence-corrected chi connectivity index (χ3v) is 4.34. The zero-order chi connectivity index (χ0) is 14.9. The summed E-state index contributed by atoms with van der Waals surface area (Å²) in [6.45, 7) is 1.09. The van der Waals surface area contributed by atoms with Gasteiger partial charge >= 0.3 is 5.51 Å². The smallest absolute Gasteiger partial charge is 0.342 e. The number of para-hydroxylation sites is 1. The van der Waals surface area contributed by atoms with E-state index in [0.29, 0.717) is 12.6 Å². The van der Waals surface area contributed by atoms with Crippen LogP contribution in [0.1, 0.15) is 18.5 Å². The molecule has 2 aromatic rings. The molecule has 1 heterocycles. The number of aryl methyl sites for hydroxylation is 1. The summed E-state index contributed by atoms with van der Waals surface area (Å²) in [7, 11) is 0. The molecule has 0 unspecified atom stereocenters. The molecule has 0 aliphatic heterocycles. The van der Waals surface area contributed by atoms with Crippen LogP contribution in [0.5, 0.6) is 0 Å². The summed E-state index contributed by atoms with van der Waals surface area (Å²) >= 11 is 0.0446. The minimum Gasteiger partial charge on any atom is -0.342 e. The highest BCUT2D eigenvalue weighted by molar-refractivity contribution is 8.00. The first-order valence-electron chi connectivity index (χ1n) is 7.04. The molecule has 0 saturated heterocycles. The summed E-state index contributed by atoms with van der Waals surface area (Å²) in [5.74, 6) is 0.0403. The third kappa shape index (κ3) is 3.95. The van der Waals surface area contributed by atoms with Crippen molar-refractivity contribution in [3.05, 3.63) is 36.0 Å². The molecule has 0 spiro atoms. The summed E-state index contributed by atoms with van der Waals surface area (Å²) < 4.78 is 38.9. The lowest BCUT2D eigenvalue weighted by molar-refractivity contribution is -0.0328. The fraction of sp³-hybridized carbons (Fsp3) is 0.467. The maximum Gasteiger partial charge on any atom is 0.441 e. The molecule has 0 radical (unpaired) electrons. The number of rotatable bonds is 6. The van der Waals surface area contributed by atoms with Crippen LogP contribution in [0, 0.1) is 0 Å². The fourth-order valence-electron chi connectivity index (χ4n) is 2.47. The quantitative estimate of drug-likeness (QED) is 0.863. The number of hydrogen-bond donors (Lipinski definition) is 1. The summed E-state index contributed by atoms with van der Waals surface area (Å²) in [6, 6.07) is 10.5. The van der Waals surface area contributed by atoms with Crippen LogP contribution in [0.15, 0.2) is 30.3 Å². The Hall–Kier alpha value is -1.14. The third-order valence-electron chi connectivity index (χ3n) is 3.63. The molecule has 6 heteroatoms. The monoisotopic (exact) mass is 314 g/mol. The lowest BCUT2D eigenvalue weighted by Crippen LogP contribution is -2.18. The topological polar surface area (TPSA) is 17.0 Å². The van der Waals surface area contributed by atoms with Gasteiger partial charge in [0, 0.05) is 36.1 Å². The Morgan fingerprint density at radius 3 is 2.71 bits per heavy atom. The van der Waals surface area contributed by atoms with Gasteiger partial charge in [0.1, 0.15) is 0 Å². The Kier molecular flexibility index (Phi) is 4.17. The molecule has 0 atom stereocenters. The number of benzene rings is 1. The normalized spacial score (nSPS) is 15.8. The standard InChI is InChI=1S/C15H17F3N2S/c16-15(17,18)21-8-7-20-13(10-19-12-5-6-12)9-11-3-1-2-4-14(11)20/h1-4,9,12,19H,5-8,10H2. The minimum atomic E-state index is -4.16. The van der Waals surface area contributed by atoms with Crippen LogP contribution in [0.2, 0.25) is 0 Å². The molecule has 21 heavy (non-hydrogen) atoms.